The van der Waals surface area contributed by atoms with E-state index in [4.69, 9.17) is 4.74 Å². The van der Waals surface area contributed by atoms with E-state index in [-0.39, 0.29) is 17.7 Å². The van der Waals surface area contributed by atoms with Gasteiger partial charge in [-0.1, -0.05) is 48.0 Å². The molecule has 2 atom stereocenters. The molecule has 1 aliphatic rings. The molecule has 2 unspecified atom stereocenters. The number of esters is 1. The molecular weight excluding hydrogens is 412 g/mol. The second kappa shape index (κ2) is 8.87. The highest BCUT2D eigenvalue weighted by molar-refractivity contribution is 9.08. The van der Waals surface area contributed by atoms with Crippen molar-refractivity contribution in [3.63, 3.8) is 0 Å². The highest BCUT2D eigenvalue weighted by Gasteiger charge is 2.45. The van der Waals surface area contributed by atoms with Gasteiger partial charge < -0.3 is 15.4 Å². The monoisotopic (exact) mass is 438 g/mol. The van der Waals surface area contributed by atoms with Gasteiger partial charge in [0.25, 0.3) is 0 Å². The van der Waals surface area contributed by atoms with Crippen molar-refractivity contribution in [1.29, 1.82) is 0 Å². The van der Waals surface area contributed by atoms with Gasteiger partial charge in [-0.2, -0.15) is 0 Å². The SMILES string of the molecule is COC(=O)C(CC(C)C)NC(=O)C1(NC(C)=O)Cc2ccc(CBr)cc2C1. The lowest BCUT2D eigenvalue weighted by atomic mass is 9.93. The predicted molar refractivity (Wildman–Crippen MR) is 106 cm³/mol. The number of ether oxygens (including phenoxy) is 1. The smallest absolute Gasteiger partial charge is 0.328 e. The lowest BCUT2D eigenvalue weighted by Crippen LogP contribution is -2.61. The summed E-state index contributed by atoms with van der Waals surface area (Å²) >= 11 is 3.44. The first-order valence-corrected chi connectivity index (χ1v) is 10.2. The topological polar surface area (TPSA) is 84.5 Å². The van der Waals surface area contributed by atoms with E-state index < -0.39 is 17.6 Å². The molecular formula is C20H27BrN2O4. The molecule has 1 aliphatic carbocycles. The van der Waals surface area contributed by atoms with E-state index in [1.165, 1.54) is 14.0 Å². The van der Waals surface area contributed by atoms with Crippen LogP contribution in [0.2, 0.25) is 0 Å². The van der Waals surface area contributed by atoms with Gasteiger partial charge in [0.1, 0.15) is 11.6 Å². The number of nitrogens with one attached hydrogen (secondary N) is 2. The Kier molecular flexibility index (Phi) is 7.03. The average Bonchev–Trinajstić information content (AvgIpc) is 2.97. The standard InChI is InChI=1S/C20H27BrN2O4/c1-12(2)7-17(18(25)27-4)22-19(26)20(23-13(3)24)9-15-6-5-14(11-21)8-16(15)10-20/h5-6,8,12,17H,7,9-11H2,1-4H3,(H,22,26)(H,23,24). The number of halogens is 1. The minimum absolute atomic E-state index is 0.202. The quantitative estimate of drug-likeness (QED) is 0.504. The van der Waals surface area contributed by atoms with Crippen LogP contribution in [0.5, 0.6) is 0 Å². The number of carbonyl (C=O) groups is 3. The minimum Gasteiger partial charge on any atom is -0.467 e. The van der Waals surface area contributed by atoms with Crippen molar-refractivity contribution in [2.24, 2.45) is 5.92 Å². The second-order valence-electron chi connectivity index (χ2n) is 7.53. The van der Waals surface area contributed by atoms with E-state index >= 15 is 0 Å². The van der Waals surface area contributed by atoms with Gasteiger partial charge in [-0.3, -0.25) is 9.59 Å². The third-order valence-corrected chi connectivity index (χ3v) is 5.41. The fourth-order valence-corrected chi connectivity index (χ4v) is 3.93. The van der Waals surface area contributed by atoms with Gasteiger partial charge >= 0.3 is 5.97 Å². The van der Waals surface area contributed by atoms with Crippen LogP contribution in [0.25, 0.3) is 0 Å². The summed E-state index contributed by atoms with van der Waals surface area (Å²) in [6.45, 7) is 5.34. The number of hydrogen-bond acceptors (Lipinski definition) is 4. The third-order valence-electron chi connectivity index (χ3n) is 4.76. The van der Waals surface area contributed by atoms with Gasteiger partial charge in [0.15, 0.2) is 0 Å². The van der Waals surface area contributed by atoms with Crippen LogP contribution in [0, 0.1) is 5.92 Å². The van der Waals surface area contributed by atoms with Crippen LogP contribution in [0.4, 0.5) is 0 Å². The van der Waals surface area contributed by atoms with Crippen LogP contribution in [-0.4, -0.2) is 36.5 Å². The largest absolute Gasteiger partial charge is 0.467 e. The van der Waals surface area contributed by atoms with Crippen molar-refractivity contribution in [2.45, 2.75) is 56.9 Å². The van der Waals surface area contributed by atoms with Crippen molar-refractivity contribution in [1.82, 2.24) is 10.6 Å². The molecule has 0 bridgehead atoms. The van der Waals surface area contributed by atoms with Crippen LogP contribution < -0.4 is 10.6 Å². The first-order valence-electron chi connectivity index (χ1n) is 9.05. The summed E-state index contributed by atoms with van der Waals surface area (Å²) in [5, 5.41) is 6.37. The number of hydrogen-bond donors (Lipinski definition) is 2. The molecule has 0 aromatic heterocycles. The number of methoxy groups -OCH3 is 1. The molecule has 0 radical (unpaired) electrons. The summed E-state index contributed by atoms with van der Waals surface area (Å²) in [6, 6.07) is 5.31. The van der Waals surface area contributed by atoms with Crippen LogP contribution >= 0.6 is 15.9 Å². The van der Waals surface area contributed by atoms with Gasteiger partial charge in [-0.05, 0) is 29.0 Å². The maximum absolute atomic E-state index is 13.2. The van der Waals surface area contributed by atoms with Crippen LogP contribution in [0.3, 0.4) is 0 Å². The van der Waals surface area contributed by atoms with Crippen molar-refractivity contribution in [3.05, 3.63) is 34.9 Å². The number of rotatable bonds is 7. The average molecular weight is 439 g/mol. The molecule has 27 heavy (non-hydrogen) atoms. The first-order chi connectivity index (χ1) is 12.7. The molecule has 0 fully saturated rings. The lowest BCUT2D eigenvalue weighted by molar-refractivity contribution is -0.146. The maximum atomic E-state index is 13.2. The highest BCUT2D eigenvalue weighted by atomic mass is 79.9. The molecule has 2 rings (SSSR count). The molecule has 1 aromatic rings. The Labute approximate surface area is 168 Å². The van der Waals surface area contributed by atoms with E-state index in [0.29, 0.717) is 19.3 Å². The van der Waals surface area contributed by atoms with Crippen molar-refractivity contribution in [2.75, 3.05) is 7.11 Å². The van der Waals surface area contributed by atoms with Crippen molar-refractivity contribution < 1.29 is 19.1 Å². The summed E-state index contributed by atoms with van der Waals surface area (Å²) in [5.74, 6) is -0.914. The zero-order chi connectivity index (χ0) is 20.2. The Balaban J connectivity index is 2.29. The summed E-state index contributed by atoms with van der Waals surface area (Å²) in [4.78, 5) is 37.1. The van der Waals surface area contributed by atoms with E-state index in [1.807, 2.05) is 32.0 Å². The molecule has 1 aromatic carbocycles. The molecule has 0 spiro atoms. The van der Waals surface area contributed by atoms with Gasteiger partial charge in [0.2, 0.25) is 11.8 Å². The number of fused-ring (bicyclic) bond motifs is 1. The zero-order valence-electron chi connectivity index (χ0n) is 16.2. The van der Waals surface area contributed by atoms with Crippen molar-refractivity contribution >= 4 is 33.7 Å². The molecule has 6 nitrogen and oxygen atoms in total. The molecule has 0 aliphatic heterocycles. The maximum Gasteiger partial charge on any atom is 0.328 e. The van der Waals surface area contributed by atoms with Gasteiger partial charge in [0, 0.05) is 25.1 Å². The number of amides is 2. The molecule has 0 saturated heterocycles. The van der Waals surface area contributed by atoms with Gasteiger partial charge in [-0.25, -0.2) is 4.79 Å². The van der Waals surface area contributed by atoms with E-state index in [1.54, 1.807) is 0 Å². The predicted octanol–water partition coefficient (Wildman–Crippen LogP) is 2.26. The summed E-state index contributed by atoms with van der Waals surface area (Å²) in [7, 11) is 1.30. The Morgan fingerprint density at radius 1 is 1.22 bits per heavy atom. The minimum atomic E-state index is -1.09. The first kappa shape index (κ1) is 21.4. The molecule has 148 valence electrons. The Bertz CT molecular complexity index is 735. The summed E-state index contributed by atoms with van der Waals surface area (Å²) in [6.07, 6.45) is 1.26. The van der Waals surface area contributed by atoms with Crippen LogP contribution in [-0.2, 0) is 37.3 Å². The Morgan fingerprint density at radius 2 is 1.89 bits per heavy atom. The fourth-order valence-electron chi connectivity index (χ4n) is 3.58. The number of carbonyl (C=O) groups excluding carboxylic acids is 3. The number of benzene rings is 1. The third kappa shape index (κ3) is 5.09. The lowest BCUT2D eigenvalue weighted by Gasteiger charge is -2.30. The summed E-state index contributed by atoms with van der Waals surface area (Å²) < 4.78 is 4.84. The zero-order valence-corrected chi connectivity index (χ0v) is 17.8. The van der Waals surface area contributed by atoms with Crippen LogP contribution in [0.1, 0.15) is 43.9 Å². The number of alkyl halides is 1. The van der Waals surface area contributed by atoms with Gasteiger partial charge in [0.05, 0.1) is 7.11 Å². The molecule has 0 heterocycles. The molecule has 2 N–H and O–H groups in total. The molecule has 0 saturated carbocycles. The Morgan fingerprint density at radius 3 is 2.44 bits per heavy atom. The van der Waals surface area contributed by atoms with E-state index in [0.717, 1.165) is 22.0 Å². The van der Waals surface area contributed by atoms with E-state index in [2.05, 4.69) is 26.6 Å². The normalized spacial score (nSPS) is 19.3. The molecule has 2 amide bonds. The highest BCUT2D eigenvalue weighted by Crippen LogP contribution is 2.32. The Hall–Kier alpha value is -1.89. The fraction of sp³-hybridized carbons (Fsp3) is 0.550. The van der Waals surface area contributed by atoms with Crippen molar-refractivity contribution in [3.8, 4) is 0 Å². The van der Waals surface area contributed by atoms with Crippen LogP contribution in [0.15, 0.2) is 18.2 Å². The summed E-state index contributed by atoms with van der Waals surface area (Å²) in [5.41, 5.74) is 2.08. The molecule has 7 heteroatoms. The van der Waals surface area contributed by atoms with Gasteiger partial charge in [-0.15, -0.1) is 0 Å². The van der Waals surface area contributed by atoms with E-state index in [9.17, 15) is 14.4 Å². The second-order valence-corrected chi connectivity index (χ2v) is 8.09.